The van der Waals surface area contributed by atoms with Crippen LogP contribution < -0.4 is 5.32 Å². The number of aryl methyl sites for hydroxylation is 1. The van der Waals surface area contributed by atoms with Gasteiger partial charge in [-0.25, -0.2) is 4.98 Å². The van der Waals surface area contributed by atoms with E-state index in [0.29, 0.717) is 17.3 Å². The van der Waals surface area contributed by atoms with Crippen molar-refractivity contribution in [3.8, 4) is 22.8 Å². The molecular formula is C27H31N5. The maximum atomic E-state index is 4.96. The predicted molar refractivity (Wildman–Crippen MR) is 127 cm³/mol. The van der Waals surface area contributed by atoms with Crippen LogP contribution in [-0.4, -0.2) is 26.2 Å². The van der Waals surface area contributed by atoms with E-state index < -0.39 is 0 Å². The average Bonchev–Trinajstić information content (AvgIpc) is 2.79. The van der Waals surface area contributed by atoms with Crippen LogP contribution in [0.15, 0.2) is 48.7 Å². The van der Waals surface area contributed by atoms with Gasteiger partial charge in [-0.3, -0.25) is 4.98 Å². The van der Waals surface area contributed by atoms with Gasteiger partial charge in [0.1, 0.15) is 11.4 Å². The molecule has 0 aliphatic heterocycles. The highest BCUT2D eigenvalue weighted by Crippen LogP contribution is 2.61. The van der Waals surface area contributed by atoms with Crippen molar-refractivity contribution >= 4 is 5.82 Å². The smallest absolute Gasteiger partial charge is 0.202 e. The van der Waals surface area contributed by atoms with Crippen molar-refractivity contribution in [1.29, 1.82) is 0 Å². The molecule has 4 fully saturated rings. The fourth-order valence-electron chi connectivity index (χ4n) is 7.00. The standard InChI is InChI=1S/C27H31N5/c1-17-6-8-22(9-7-17)24-26(30-25(32-31-24)23-5-3-4-10-28-23)29-18(2)27-14-19-11-20(15-27)13-21(12-19)16-27/h3-10,18-21H,11-16H2,1-2H3,(H,29,30,32). The van der Waals surface area contributed by atoms with Gasteiger partial charge < -0.3 is 5.32 Å². The highest BCUT2D eigenvalue weighted by molar-refractivity contribution is 5.72. The summed E-state index contributed by atoms with van der Waals surface area (Å²) in [5.74, 6) is 4.17. The minimum atomic E-state index is 0.355. The van der Waals surface area contributed by atoms with E-state index in [9.17, 15) is 0 Å². The third-order valence-electron chi connectivity index (χ3n) is 8.26. The number of aromatic nitrogens is 4. The fraction of sp³-hybridized carbons (Fsp3) is 0.481. The minimum absolute atomic E-state index is 0.355. The summed E-state index contributed by atoms with van der Waals surface area (Å²) >= 11 is 0. The van der Waals surface area contributed by atoms with Gasteiger partial charge in [0.15, 0.2) is 5.82 Å². The molecule has 2 heterocycles. The highest BCUT2D eigenvalue weighted by Gasteiger charge is 2.53. The first-order valence-electron chi connectivity index (χ1n) is 12.1. The second-order valence-corrected chi connectivity index (χ2v) is 10.6. The minimum Gasteiger partial charge on any atom is -0.365 e. The van der Waals surface area contributed by atoms with Crippen LogP contribution in [0.5, 0.6) is 0 Å². The number of hydrogen-bond acceptors (Lipinski definition) is 5. The van der Waals surface area contributed by atoms with E-state index in [-0.39, 0.29) is 0 Å². The second kappa shape index (κ2) is 7.65. The summed E-state index contributed by atoms with van der Waals surface area (Å²) < 4.78 is 0. The molecule has 0 amide bonds. The first-order valence-corrected chi connectivity index (χ1v) is 12.1. The zero-order chi connectivity index (χ0) is 21.7. The quantitative estimate of drug-likeness (QED) is 0.549. The molecule has 7 rings (SSSR count). The van der Waals surface area contributed by atoms with E-state index in [1.807, 2.05) is 18.2 Å². The van der Waals surface area contributed by atoms with Crippen molar-refractivity contribution in [3.63, 3.8) is 0 Å². The molecule has 4 saturated carbocycles. The van der Waals surface area contributed by atoms with Crippen LogP contribution in [0.4, 0.5) is 5.82 Å². The van der Waals surface area contributed by atoms with E-state index in [4.69, 9.17) is 4.98 Å². The van der Waals surface area contributed by atoms with Gasteiger partial charge in [-0.1, -0.05) is 35.9 Å². The Morgan fingerprint density at radius 3 is 2.22 bits per heavy atom. The van der Waals surface area contributed by atoms with Crippen LogP contribution in [0.1, 0.15) is 51.0 Å². The second-order valence-electron chi connectivity index (χ2n) is 10.6. The Balaban J connectivity index is 1.37. The van der Waals surface area contributed by atoms with Crippen molar-refractivity contribution in [2.24, 2.45) is 23.2 Å². The SMILES string of the molecule is Cc1ccc(-c2nnc(-c3ccccn3)nc2NC(C)C23CC4CC(CC(C4)C2)C3)cc1. The third-order valence-corrected chi connectivity index (χ3v) is 8.26. The van der Waals surface area contributed by atoms with Gasteiger partial charge >= 0.3 is 0 Å². The monoisotopic (exact) mass is 425 g/mol. The van der Waals surface area contributed by atoms with Gasteiger partial charge in [-0.05, 0) is 87.7 Å². The number of pyridine rings is 1. The summed E-state index contributed by atoms with van der Waals surface area (Å²) in [6.45, 7) is 4.47. The molecule has 164 valence electrons. The lowest BCUT2D eigenvalue weighted by Crippen LogP contribution is -2.53. The topological polar surface area (TPSA) is 63.6 Å². The van der Waals surface area contributed by atoms with Crippen LogP contribution >= 0.6 is 0 Å². The normalized spacial score (nSPS) is 29.1. The maximum absolute atomic E-state index is 4.96. The molecule has 3 aromatic rings. The lowest BCUT2D eigenvalue weighted by Gasteiger charge is -2.59. The number of anilines is 1. The van der Waals surface area contributed by atoms with Crippen molar-refractivity contribution < 1.29 is 0 Å². The predicted octanol–water partition coefficient (Wildman–Crippen LogP) is 5.93. The molecule has 0 saturated heterocycles. The first kappa shape index (κ1) is 19.8. The van der Waals surface area contributed by atoms with E-state index in [1.54, 1.807) is 6.20 Å². The number of hydrogen-bond donors (Lipinski definition) is 1. The van der Waals surface area contributed by atoms with Crippen LogP contribution in [0.25, 0.3) is 22.8 Å². The fourth-order valence-corrected chi connectivity index (χ4v) is 7.00. The summed E-state index contributed by atoms with van der Waals surface area (Å²) in [7, 11) is 0. The lowest BCUT2D eigenvalue weighted by molar-refractivity contribution is -0.0603. The zero-order valence-electron chi connectivity index (χ0n) is 19.0. The van der Waals surface area contributed by atoms with E-state index >= 15 is 0 Å². The molecule has 0 spiro atoms. The molecule has 0 radical (unpaired) electrons. The Bertz CT molecular complexity index is 1070. The van der Waals surface area contributed by atoms with Gasteiger partial charge in [0.2, 0.25) is 5.82 Å². The van der Waals surface area contributed by atoms with Gasteiger partial charge in [-0.2, -0.15) is 0 Å². The Kier molecular flexibility index (Phi) is 4.74. The molecule has 4 aliphatic carbocycles. The Morgan fingerprint density at radius 1 is 0.906 bits per heavy atom. The largest absolute Gasteiger partial charge is 0.365 e. The summed E-state index contributed by atoms with van der Waals surface area (Å²) in [6, 6.07) is 14.6. The average molecular weight is 426 g/mol. The summed E-state index contributed by atoms with van der Waals surface area (Å²) in [5.41, 5.74) is 4.23. The molecule has 1 aromatic carbocycles. The molecule has 5 nitrogen and oxygen atoms in total. The molecule has 5 heteroatoms. The zero-order valence-corrected chi connectivity index (χ0v) is 19.0. The van der Waals surface area contributed by atoms with Crippen LogP contribution in [0, 0.1) is 30.1 Å². The van der Waals surface area contributed by atoms with Crippen molar-refractivity contribution in [2.45, 2.75) is 58.4 Å². The third kappa shape index (κ3) is 3.48. The molecule has 4 aliphatic rings. The molecule has 4 bridgehead atoms. The molecular weight excluding hydrogens is 394 g/mol. The summed E-state index contributed by atoms with van der Waals surface area (Å²) in [5, 5.41) is 12.9. The molecule has 32 heavy (non-hydrogen) atoms. The van der Waals surface area contributed by atoms with E-state index in [0.717, 1.165) is 40.5 Å². The number of nitrogens with zero attached hydrogens (tertiary/aromatic N) is 4. The number of benzene rings is 1. The lowest BCUT2D eigenvalue weighted by atomic mass is 9.48. The maximum Gasteiger partial charge on any atom is 0.202 e. The highest BCUT2D eigenvalue weighted by atomic mass is 15.2. The van der Waals surface area contributed by atoms with Gasteiger partial charge in [0.25, 0.3) is 0 Å². The van der Waals surface area contributed by atoms with Crippen LogP contribution in [-0.2, 0) is 0 Å². The first-order chi connectivity index (χ1) is 15.6. The Hall–Kier alpha value is -2.82. The summed E-state index contributed by atoms with van der Waals surface area (Å²) in [4.78, 5) is 9.41. The van der Waals surface area contributed by atoms with Gasteiger partial charge in [0.05, 0.1) is 0 Å². The molecule has 1 N–H and O–H groups in total. The van der Waals surface area contributed by atoms with E-state index in [2.05, 4.69) is 58.6 Å². The molecule has 1 atom stereocenters. The van der Waals surface area contributed by atoms with Crippen molar-refractivity contribution in [1.82, 2.24) is 20.2 Å². The molecule has 2 aromatic heterocycles. The molecule has 1 unspecified atom stereocenters. The summed E-state index contributed by atoms with van der Waals surface area (Å²) in [6.07, 6.45) is 10.2. The van der Waals surface area contributed by atoms with Crippen molar-refractivity contribution in [2.75, 3.05) is 5.32 Å². The van der Waals surface area contributed by atoms with Crippen LogP contribution in [0.2, 0.25) is 0 Å². The Labute approximate surface area is 190 Å². The Morgan fingerprint density at radius 2 is 1.59 bits per heavy atom. The van der Waals surface area contributed by atoms with Gasteiger partial charge in [0, 0.05) is 17.8 Å². The number of rotatable bonds is 5. The van der Waals surface area contributed by atoms with E-state index in [1.165, 1.54) is 44.1 Å². The number of nitrogens with one attached hydrogen (secondary N) is 1. The van der Waals surface area contributed by atoms with Crippen LogP contribution in [0.3, 0.4) is 0 Å². The van der Waals surface area contributed by atoms with Gasteiger partial charge in [-0.15, -0.1) is 10.2 Å². The van der Waals surface area contributed by atoms with Crippen molar-refractivity contribution in [3.05, 3.63) is 54.2 Å².